The van der Waals surface area contributed by atoms with Crippen LogP contribution in [0.2, 0.25) is 5.02 Å². The van der Waals surface area contributed by atoms with Crippen molar-refractivity contribution in [3.8, 4) is 0 Å². The first-order valence-corrected chi connectivity index (χ1v) is 6.12. The normalized spacial score (nSPS) is 10.2. The number of benzene rings is 1. The van der Waals surface area contributed by atoms with E-state index in [1.807, 2.05) is 0 Å². The summed E-state index contributed by atoms with van der Waals surface area (Å²) in [4.78, 5) is 29.8. The van der Waals surface area contributed by atoms with Gasteiger partial charge in [-0.15, -0.1) is 0 Å². The Kier molecular flexibility index (Phi) is 4.44. The van der Waals surface area contributed by atoms with E-state index >= 15 is 0 Å². The van der Waals surface area contributed by atoms with Crippen LogP contribution in [0.3, 0.4) is 0 Å². The van der Waals surface area contributed by atoms with E-state index in [4.69, 9.17) is 16.7 Å². The quantitative estimate of drug-likeness (QED) is 0.900. The van der Waals surface area contributed by atoms with E-state index < -0.39 is 17.7 Å². The highest BCUT2D eigenvalue weighted by molar-refractivity contribution is 6.30. The number of aromatic carboxylic acids is 1. The molecule has 0 spiro atoms. The van der Waals surface area contributed by atoms with Gasteiger partial charge < -0.3 is 10.4 Å². The number of nitrogens with zero attached hydrogens (tertiary/aromatic N) is 2. The first-order valence-electron chi connectivity index (χ1n) is 5.75. The second-order valence-electron chi connectivity index (χ2n) is 4.02. The maximum absolute atomic E-state index is 13.0. The van der Waals surface area contributed by atoms with Crippen molar-refractivity contribution < 1.29 is 19.1 Å². The molecule has 1 aromatic carbocycles. The van der Waals surface area contributed by atoms with Gasteiger partial charge in [0.1, 0.15) is 17.8 Å². The Bertz CT molecular complexity index is 709. The molecule has 0 aliphatic carbocycles. The van der Waals surface area contributed by atoms with Crippen molar-refractivity contribution in [3.63, 3.8) is 0 Å². The largest absolute Gasteiger partial charge is 0.477 e. The lowest BCUT2D eigenvalue weighted by Gasteiger charge is -2.06. The van der Waals surface area contributed by atoms with Gasteiger partial charge in [0.2, 0.25) is 0 Å². The predicted molar refractivity (Wildman–Crippen MR) is 71.6 cm³/mol. The van der Waals surface area contributed by atoms with Crippen molar-refractivity contribution in [2.45, 2.75) is 6.54 Å². The zero-order valence-corrected chi connectivity index (χ0v) is 11.3. The fourth-order valence-electron chi connectivity index (χ4n) is 1.52. The summed E-state index contributed by atoms with van der Waals surface area (Å²) in [5.41, 5.74) is 0.248. The van der Waals surface area contributed by atoms with Crippen LogP contribution in [0.5, 0.6) is 0 Å². The highest BCUT2D eigenvalue weighted by atomic mass is 35.5. The lowest BCUT2D eigenvalue weighted by molar-refractivity contribution is 0.0690. The molecule has 2 aromatic rings. The Morgan fingerprint density at radius 3 is 2.62 bits per heavy atom. The van der Waals surface area contributed by atoms with E-state index in [0.717, 1.165) is 12.4 Å². The molecule has 0 bridgehead atoms. The summed E-state index contributed by atoms with van der Waals surface area (Å²) >= 11 is 5.63. The van der Waals surface area contributed by atoms with Crippen molar-refractivity contribution in [2.75, 3.05) is 0 Å². The van der Waals surface area contributed by atoms with Gasteiger partial charge in [-0.05, 0) is 17.7 Å². The topological polar surface area (TPSA) is 92.2 Å². The minimum atomic E-state index is -1.25. The number of carbonyl (C=O) groups excluding carboxylic acids is 1. The number of carbonyl (C=O) groups is 2. The van der Waals surface area contributed by atoms with Gasteiger partial charge in [0, 0.05) is 12.6 Å². The molecule has 0 atom stereocenters. The van der Waals surface area contributed by atoms with E-state index in [9.17, 15) is 14.0 Å². The molecular weight excluding hydrogens is 301 g/mol. The fraction of sp³-hybridized carbons (Fsp3) is 0.0769. The third kappa shape index (κ3) is 3.73. The molecule has 2 rings (SSSR count). The van der Waals surface area contributed by atoms with Crippen LogP contribution in [-0.2, 0) is 6.54 Å². The van der Waals surface area contributed by atoms with Gasteiger partial charge in [-0.1, -0.05) is 17.7 Å². The summed E-state index contributed by atoms with van der Waals surface area (Å²) in [6.45, 7) is 0.102. The Hall–Kier alpha value is -2.54. The molecule has 1 amide bonds. The molecule has 21 heavy (non-hydrogen) atoms. The maximum Gasteiger partial charge on any atom is 0.354 e. The Labute approximate surface area is 123 Å². The Morgan fingerprint density at radius 1 is 1.24 bits per heavy atom. The number of rotatable bonds is 4. The van der Waals surface area contributed by atoms with Crippen molar-refractivity contribution >= 4 is 23.5 Å². The van der Waals surface area contributed by atoms with Crippen LogP contribution in [0.4, 0.5) is 4.39 Å². The first kappa shape index (κ1) is 14.9. The van der Waals surface area contributed by atoms with E-state index in [2.05, 4.69) is 15.3 Å². The Morgan fingerprint density at radius 2 is 1.95 bits per heavy atom. The number of hydrogen-bond acceptors (Lipinski definition) is 4. The highest BCUT2D eigenvalue weighted by Gasteiger charge is 2.12. The monoisotopic (exact) mass is 309 g/mol. The molecule has 0 fully saturated rings. The van der Waals surface area contributed by atoms with Crippen molar-refractivity contribution in [3.05, 3.63) is 58.4 Å². The Balaban J connectivity index is 2.06. The fourth-order valence-corrected chi connectivity index (χ4v) is 1.72. The van der Waals surface area contributed by atoms with E-state index in [1.165, 1.54) is 18.2 Å². The predicted octanol–water partition coefficient (Wildman–Crippen LogP) is 1.90. The zero-order valence-electron chi connectivity index (χ0n) is 10.5. The van der Waals surface area contributed by atoms with Gasteiger partial charge in [-0.25, -0.2) is 19.2 Å². The second kappa shape index (κ2) is 6.27. The van der Waals surface area contributed by atoms with Gasteiger partial charge in [-0.3, -0.25) is 4.79 Å². The smallest absolute Gasteiger partial charge is 0.354 e. The highest BCUT2D eigenvalue weighted by Crippen LogP contribution is 2.15. The number of carboxylic acid groups (broad SMARTS) is 1. The standard InChI is InChI=1S/C13H9ClFN3O3/c14-8-3-7(1-2-9(8)15)5-16-12(19)10-4-11(13(20)21)18-6-17-10/h1-4,6H,5H2,(H,16,19)(H,20,21). The lowest BCUT2D eigenvalue weighted by Crippen LogP contribution is -2.24. The molecule has 0 aliphatic rings. The number of halogens is 2. The van der Waals surface area contributed by atoms with Gasteiger partial charge >= 0.3 is 5.97 Å². The summed E-state index contributed by atoms with van der Waals surface area (Å²) in [5.74, 6) is -2.37. The van der Waals surface area contributed by atoms with Crippen molar-refractivity contribution in [2.24, 2.45) is 0 Å². The molecule has 0 saturated heterocycles. The van der Waals surface area contributed by atoms with Gasteiger partial charge in [0.05, 0.1) is 5.02 Å². The maximum atomic E-state index is 13.0. The van der Waals surface area contributed by atoms with Crippen molar-refractivity contribution in [1.29, 1.82) is 0 Å². The second-order valence-corrected chi connectivity index (χ2v) is 4.43. The SMILES string of the molecule is O=C(O)c1cc(C(=O)NCc2ccc(F)c(Cl)c2)ncn1. The minimum Gasteiger partial charge on any atom is -0.477 e. The molecule has 0 unspecified atom stereocenters. The molecule has 6 nitrogen and oxygen atoms in total. The summed E-state index contributed by atoms with van der Waals surface area (Å²) in [6, 6.07) is 5.12. The number of carboxylic acids is 1. The van der Waals surface area contributed by atoms with Gasteiger partial charge in [0.25, 0.3) is 5.91 Å². The summed E-state index contributed by atoms with van der Waals surface area (Å²) in [6.07, 6.45) is 0.993. The molecule has 0 saturated carbocycles. The third-order valence-corrected chi connectivity index (χ3v) is 2.85. The first-order chi connectivity index (χ1) is 9.97. The van der Waals surface area contributed by atoms with Crippen LogP contribution in [0.15, 0.2) is 30.6 Å². The van der Waals surface area contributed by atoms with E-state index in [1.54, 1.807) is 0 Å². The summed E-state index contributed by atoms with van der Waals surface area (Å²) < 4.78 is 13.0. The van der Waals surface area contributed by atoms with Gasteiger partial charge in [0.15, 0.2) is 5.69 Å². The molecule has 1 aromatic heterocycles. The molecule has 108 valence electrons. The van der Waals surface area contributed by atoms with Crippen LogP contribution in [-0.4, -0.2) is 27.0 Å². The minimum absolute atomic E-state index is 0.0445. The van der Waals surface area contributed by atoms with Crippen LogP contribution in [0.25, 0.3) is 0 Å². The number of hydrogen-bond donors (Lipinski definition) is 2. The number of aromatic nitrogens is 2. The average molecular weight is 310 g/mol. The molecule has 2 N–H and O–H groups in total. The molecule has 1 heterocycles. The molecular formula is C13H9ClFN3O3. The number of nitrogens with one attached hydrogen (secondary N) is 1. The van der Waals surface area contributed by atoms with Gasteiger partial charge in [-0.2, -0.15) is 0 Å². The van der Waals surface area contributed by atoms with E-state index in [0.29, 0.717) is 5.56 Å². The molecule has 8 heteroatoms. The molecule has 0 aliphatic heterocycles. The summed E-state index contributed by atoms with van der Waals surface area (Å²) in [7, 11) is 0. The average Bonchev–Trinajstić information content (AvgIpc) is 2.48. The van der Waals surface area contributed by atoms with Crippen LogP contribution >= 0.6 is 11.6 Å². The summed E-state index contributed by atoms with van der Waals surface area (Å²) in [5, 5.41) is 11.3. The van der Waals surface area contributed by atoms with Crippen molar-refractivity contribution in [1.82, 2.24) is 15.3 Å². The van der Waals surface area contributed by atoms with Crippen LogP contribution in [0, 0.1) is 5.82 Å². The lowest BCUT2D eigenvalue weighted by atomic mass is 10.2. The third-order valence-electron chi connectivity index (χ3n) is 2.56. The van der Waals surface area contributed by atoms with Crippen LogP contribution < -0.4 is 5.32 Å². The van der Waals surface area contributed by atoms with E-state index in [-0.39, 0.29) is 23.0 Å². The number of amides is 1. The molecule has 0 radical (unpaired) electrons. The zero-order chi connectivity index (χ0) is 15.4. The van der Waals surface area contributed by atoms with Crippen LogP contribution in [0.1, 0.15) is 26.5 Å².